The number of methoxy groups -OCH3 is 2. The average Bonchev–Trinajstić information content (AvgIpc) is 2.35. The predicted molar refractivity (Wildman–Crippen MR) is 58.8 cm³/mol. The molecule has 0 fully saturated rings. The topological polar surface area (TPSA) is 59.3 Å². The van der Waals surface area contributed by atoms with Crippen LogP contribution in [-0.4, -0.2) is 20.2 Å². The minimum absolute atomic E-state index is 0.425. The summed E-state index contributed by atoms with van der Waals surface area (Å²) >= 11 is 0. The van der Waals surface area contributed by atoms with Crippen molar-refractivity contribution in [2.24, 2.45) is 0 Å². The maximum Gasteiger partial charge on any atom is 0.330 e. The fourth-order valence-electron chi connectivity index (χ4n) is 1.15. The standard InChI is InChI=1S/C12H11NO3/c1-15-11-5-3-9(7-10(11)8-13)4-6-12(14)16-2/h3-7H,1-2H3/b6-4-. The maximum absolute atomic E-state index is 10.9. The Labute approximate surface area is 93.7 Å². The van der Waals surface area contributed by atoms with E-state index in [1.54, 1.807) is 24.3 Å². The SMILES string of the molecule is COC(=O)/C=C\c1ccc(OC)c(C#N)c1. The highest BCUT2D eigenvalue weighted by atomic mass is 16.5. The van der Waals surface area contributed by atoms with Gasteiger partial charge in [0.2, 0.25) is 0 Å². The molecule has 0 aliphatic heterocycles. The quantitative estimate of drug-likeness (QED) is 0.571. The van der Waals surface area contributed by atoms with Crippen LogP contribution in [0.3, 0.4) is 0 Å². The first-order valence-electron chi connectivity index (χ1n) is 4.55. The maximum atomic E-state index is 10.9. The fraction of sp³-hybridized carbons (Fsp3) is 0.167. The van der Waals surface area contributed by atoms with E-state index in [4.69, 9.17) is 10.00 Å². The summed E-state index contributed by atoms with van der Waals surface area (Å²) in [5.41, 5.74) is 1.16. The first-order chi connectivity index (χ1) is 7.71. The number of carbonyl (C=O) groups excluding carboxylic acids is 1. The lowest BCUT2D eigenvalue weighted by molar-refractivity contribution is -0.134. The molecule has 0 spiro atoms. The molecule has 0 saturated heterocycles. The Kier molecular flexibility index (Phi) is 4.10. The molecule has 82 valence electrons. The third-order valence-electron chi connectivity index (χ3n) is 1.96. The van der Waals surface area contributed by atoms with Gasteiger partial charge in [-0.1, -0.05) is 6.07 Å². The second kappa shape index (κ2) is 5.56. The first-order valence-corrected chi connectivity index (χ1v) is 4.55. The highest BCUT2D eigenvalue weighted by Crippen LogP contribution is 2.19. The zero-order valence-corrected chi connectivity index (χ0v) is 9.06. The van der Waals surface area contributed by atoms with Crippen LogP contribution in [0.25, 0.3) is 6.08 Å². The summed E-state index contributed by atoms with van der Waals surface area (Å²) < 4.78 is 9.46. The molecule has 0 atom stereocenters. The highest BCUT2D eigenvalue weighted by molar-refractivity contribution is 5.87. The van der Waals surface area contributed by atoms with Crippen molar-refractivity contribution in [2.45, 2.75) is 0 Å². The average molecular weight is 217 g/mol. The molecular formula is C12H11NO3. The summed E-state index contributed by atoms with van der Waals surface area (Å²) in [6, 6.07) is 7.08. The molecule has 1 aromatic rings. The van der Waals surface area contributed by atoms with Crippen LogP contribution in [0.4, 0.5) is 0 Å². The zero-order valence-electron chi connectivity index (χ0n) is 9.06. The molecule has 0 aliphatic carbocycles. The van der Waals surface area contributed by atoms with Crippen LogP contribution >= 0.6 is 0 Å². The van der Waals surface area contributed by atoms with Gasteiger partial charge in [-0.25, -0.2) is 4.79 Å². The van der Waals surface area contributed by atoms with E-state index in [2.05, 4.69) is 4.74 Å². The number of hydrogen-bond donors (Lipinski definition) is 0. The van der Waals surface area contributed by atoms with Gasteiger partial charge in [0.05, 0.1) is 19.8 Å². The summed E-state index contributed by atoms with van der Waals surface area (Å²) in [5, 5.41) is 8.85. The van der Waals surface area contributed by atoms with Gasteiger partial charge in [0.1, 0.15) is 11.8 Å². The lowest BCUT2D eigenvalue weighted by Gasteiger charge is -2.02. The van der Waals surface area contributed by atoms with Crippen LogP contribution in [0.15, 0.2) is 24.3 Å². The van der Waals surface area contributed by atoms with E-state index in [1.165, 1.54) is 20.3 Å². The zero-order chi connectivity index (χ0) is 12.0. The van der Waals surface area contributed by atoms with Crippen molar-refractivity contribution in [2.75, 3.05) is 14.2 Å². The molecule has 1 aromatic carbocycles. The van der Waals surface area contributed by atoms with Crippen molar-refractivity contribution in [3.8, 4) is 11.8 Å². The Morgan fingerprint density at radius 3 is 2.75 bits per heavy atom. The molecule has 16 heavy (non-hydrogen) atoms. The molecule has 1 rings (SSSR count). The van der Waals surface area contributed by atoms with Crippen molar-refractivity contribution in [1.29, 1.82) is 5.26 Å². The molecule has 0 bridgehead atoms. The van der Waals surface area contributed by atoms with E-state index in [0.29, 0.717) is 11.3 Å². The molecule has 0 aromatic heterocycles. The van der Waals surface area contributed by atoms with Gasteiger partial charge in [-0.2, -0.15) is 5.26 Å². The van der Waals surface area contributed by atoms with Crippen molar-refractivity contribution < 1.29 is 14.3 Å². The van der Waals surface area contributed by atoms with Gasteiger partial charge in [0.25, 0.3) is 0 Å². The normalized spacial score (nSPS) is 9.81. The van der Waals surface area contributed by atoms with E-state index >= 15 is 0 Å². The monoisotopic (exact) mass is 217 g/mol. The minimum Gasteiger partial charge on any atom is -0.495 e. The first kappa shape index (κ1) is 11.8. The number of carbonyl (C=O) groups is 1. The van der Waals surface area contributed by atoms with Gasteiger partial charge >= 0.3 is 5.97 Å². The number of nitriles is 1. The Morgan fingerprint density at radius 2 is 2.19 bits per heavy atom. The van der Waals surface area contributed by atoms with Gasteiger partial charge in [-0.15, -0.1) is 0 Å². The number of benzene rings is 1. The van der Waals surface area contributed by atoms with Crippen LogP contribution in [0.1, 0.15) is 11.1 Å². The summed E-state index contributed by atoms with van der Waals surface area (Å²) in [4.78, 5) is 10.9. The molecule has 4 heteroatoms. The Balaban J connectivity index is 2.97. The molecule has 0 N–H and O–H groups in total. The largest absolute Gasteiger partial charge is 0.495 e. The van der Waals surface area contributed by atoms with E-state index in [1.807, 2.05) is 6.07 Å². The number of hydrogen-bond acceptors (Lipinski definition) is 4. The lowest BCUT2D eigenvalue weighted by atomic mass is 10.1. The van der Waals surface area contributed by atoms with Crippen LogP contribution in [0, 0.1) is 11.3 Å². The van der Waals surface area contributed by atoms with Gasteiger partial charge < -0.3 is 9.47 Å². The minimum atomic E-state index is -0.436. The Bertz CT molecular complexity index is 458. The second-order valence-electron chi connectivity index (χ2n) is 2.93. The highest BCUT2D eigenvalue weighted by Gasteiger charge is 2.02. The second-order valence-corrected chi connectivity index (χ2v) is 2.93. The third-order valence-corrected chi connectivity index (χ3v) is 1.96. The van der Waals surface area contributed by atoms with E-state index in [9.17, 15) is 4.79 Å². The molecule has 0 amide bonds. The summed E-state index contributed by atoms with van der Waals surface area (Å²) in [6.07, 6.45) is 2.87. The predicted octanol–water partition coefficient (Wildman–Crippen LogP) is 1.75. The lowest BCUT2D eigenvalue weighted by Crippen LogP contribution is -1.93. The molecule has 0 aliphatic rings. The number of rotatable bonds is 3. The van der Waals surface area contributed by atoms with Crippen molar-refractivity contribution in [3.05, 3.63) is 35.4 Å². The van der Waals surface area contributed by atoms with Gasteiger partial charge in [0.15, 0.2) is 0 Å². The van der Waals surface area contributed by atoms with Crippen molar-refractivity contribution in [3.63, 3.8) is 0 Å². The van der Waals surface area contributed by atoms with E-state index < -0.39 is 5.97 Å². The van der Waals surface area contributed by atoms with Crippen molar-refractivity contribution >= 4 is 12.0 Å². The molecule has 0 radical (unpaired) electrons. The Hall–Kier alpha value is -2.28. The van der Waals surface area contributed by atoms with Crippen LogP contribution < -0.4 is 4.74 Å². The summed E-state index contributed by atoms with van der Waals surface area (Å²) in [6.45, 7) is 0. The number of nitrogens with zero attached hydrogens (tertiary/aromatic N) is 1. The molecule has 0 heterocycles. The van der Waals surface area contributed by atoms with Crippen LogP contribution in [-0.2, 0) is 9.53 Å². The van der Waals surface area contributed by atoms with E-state index in [-0.39, 0.29) is 0 Å². The van der Waals surface area contributed by atoms with Gasteiger partial charge in [0, 0.05) is 6.08 Å². The van der Waals surface area contributed by atoms with Gasteiger partial charge in [-0.3, -0.25) is 0 Å². The van der Waals surface area contributed by atoms with Gasteiger partial charge in [-0.05, 0) is 23.8 Å². The van der Waals surface area contributed by atoms with Crippen LogP contribution in [0.2, 0.25) is 0 Å². The third kappa shape index (κ3) is 2.85. The Morgan fingerprint density at radius 1 is 1.44 bits per heavy atom. The molecular weight excluding hydrogens is 206 g/mol. The van der Waals surface area contributed by atoms with Crippen LogP contribution in [0.5, 0.6) is 5.75 Å². The number of esters is 1. The number of ether oxygens (including phenoxy) is 2. The smallest absolute Gasteiger partial charge is 0.330 e. The summed E-state index contributed by atoms with van der Waals surface area (Å²) in [7, 11) is 2.81. The fourth-order valence-corrected chi connectivity index (χ4v) is 1.15. The van der Waals surface area contributed by atoms with E-state index in [0.717, 1.165) is 5.56 Å². The summed E-state index contributed by atoms with van der Waals surface area (Å²) in [5.74, 6) is 0.0760. The molecule has 4 nitrogen and oxygen atoms in total. The molecule has 0 saturated carbocycles. The molecule has 0 unspecified atom stereocenters. The van der Waals surface area contributed by atoms with Crippen molar-refractivity contribution in [1.82, 2.24) is 0 Å².